The number of ether oxygens (including phenoxy) is 1. The number of methoxy groups -OCH3 is 1. The van der Waals surface area contributed by atoms with Gasteiger partial charge < -0.3 is 14.7 Å². The number of hydrogen-bond acceptors (Lipinski definition) is 3. The van der Waals surface area contributed by atoms with Gasteiger partial charge in [-0.3, -0.25) is 9.59 Å². The van der Waals surface area contributed by atoms with E-state index in [2.05, 4.69) is 0 Å². The summed E-state index contributed by atoms with van der Waals surface area (Å²) < 4.78 is 5.14. The Hall–Kier alpha value is -2.04. The summed E-state index contributed by atoms with van der Waals surface area (Å²) in [7, 11) is 1.48. The maximum absolute atomic E-state index is 12.4. The lowest BCUT2D eigenvalue weighted by molar-refractivity contribution is -0.138. The second kappa shape index (κ2) is 6.78. The first kappa shape index (κ1) is 15.0. The third-order valence-corrected chi connectivity index (χ3v) is 3.03. The van der Waals surface area contributed by atoms with Crippen LogP contribution in [0.4, 0.5) is 0 Å². The van der Waals surface area contributed by atoms with Crippen molar-refractivity contribution in [3.8, 4) is 5.75 Å². The minimum absolute atomic E-state index is 0.145. The topological polar surface area (TPSA) is 66.8 Å². The fraction of sp³-hybridized carbons (Fsp3) is 0.429. The van der Waals surface area contributed by atoms with Crippen LogP contribution in [0.15, 0.2) is 24.3 Å². The van der Waals surface area contributed by atoms with Crippen LogP contribution < -0.4 is 4.74 Å². The Kier molecular flexibility index (Phi) is 5.36. The van der Waals surface area contributed by atoms with E-state index in [1.807, 2.05) is 13.8 Å². The van der Waals surface area contributed by atoms with Gasteiger partial charge in [0.15, 0.2) is 0 Å². The van der Waals surface area contributed by atoms with Crippen molar-refractivity contribution in [2.24, 2.45) is 0 Å². The molecule has 0 aromatic heterocycles. The summed E-state index contributed by atoms with van der Waals surface area (Å²) in [6, 6.07) is 6.67. The van der Waals surface area contributed by atoms with Gasteiger partial charge in [-0.05, 0) is 25.5 Å². The van der Waals surface area contributed by atoms with Crippen LogP contribution in [-0.4, -0.2) is 41.6 Å². The standard InChI is InChI=1S/C14H19NO4/c1-4-10(2)15(9-13(16)17)14(18)11-7-5-6-8-12(11)19-3/h5-8,10H,4,9H2,1-3H3,(H,16,17). The lowest BCUT2D eigenvalue weighted by Crippen LogP contribution is -2.41. The summed E-state index contributed by atoms with van der Waals surface area (Å²) in [5.41, 5.74) is 0.381. The number of hydrogen-bond donors (Lipinski definition) is 1. The summed E-state index contributed by atoms with van der Waals surface area (Å²) >= 11 is 0. The summed E-state index contributed by atoms with van der Waals surface area (Å²) in [6.45, 7) is 3.43. The van der Waals surface area contributed by atoms with Gasteiger partial charge in [-0.15, -0.1) is 0 Å². The first-order valence-electron chi connectivity index (χ1n) is 6.17. The molecule has 104 valence electrons. The molecule has 5 heteroatoms. The molecule has 0 fully saturated rings. The minimum atomic E-state index is -1.02. The lowest BCUT2D eigenvalue weighted by Gasteiger charge is -2.27. The van der Waals surface area contributed by atoms with E-state index >= 15 is 0 Å². The van der Waals surface area contributed by atoms with Crippen molar-refractivity contribution in [2.75, 3.05) is 13.7 Å². The molecule has 1 amide bonds. The van der Waals surface area contributed by atoms with E-state index < -0.39 is 5.97 Å². The van der Waals surface area contributed by atoms with Crippen LogP contribution in [0.1, 0.15) is 30.6 Å². The molecule has 0 spiro atoms. The first-order valence-corrected chi connectivity index (χ1v) is 6.17. The van der Waals surface area contributed by atoms with Crippen molar-refractivity contribution in [3.05, 3.63) is 29.8 Å². The molecule has 19 heavy (non-hydrogen) atoms. The largest absolute Gasteiger partial charge is 0.496 e. The van der Waals surface area contributed by atoms with Gasteiger partial charge in [0.05, 0.1) is 12.7 Å². The Morgan fingerprint density at radius 2 is 2.00 bits per heavy atom. The molecule has 0 aliphatic rings. The highest BCUT2D eigenvalue weighted by Gasteiger charge is 2.24. The molecule has 0 heterocycles. The van der Waals surface area contributed by atoms with Crippen molar-refractivity contribution in [1.29, 1.82) is 0 Å². The third-order valence-electron chi connectivity index (χ3n) is 3.03. The van der Waals surface area contributed by atoms with E-state index in [0.717, 1.165) is 0 Å². The van der Waals surface area contributed by atoms with Gasteiger partial charge in [-0.1, -0.05) is 19.1 Å². The average molecular weight is 265 g/mol. The van der Waals surface area contributed by atoms with Crippen LogP contribution in [0, 0.1) is 0 Å². The Labute approximate surface area is 112 Å². The zero-order valence-corrected chi connectivity index (χ0v) is 11.4. The number of aliphatic carboxylic acids is 1. The van der Waals surface area contributed by atoms with E-state index in [9.17, 15) is 9.59 Å². The molecule has 0 radical (unpaired) electrons. The van der Waals surface area contributed by atoms with Gasteiger partial charge in [0.1, 0.15) is 12.3 Å². The molecule has 0 aliphatic carbocycles. The number of amides is 1. The molecule has 0 aliphatic heterocycles. The summed E-state index contributed by atoms with van der Waals surface area (Å²) in [6.07, 6.45) is 0.689. The van der Waals surface area contributed by atoms with Gasteiger partial charge in [0, 0.05) is 6.04 Å². The molecule has 1 aromatic carbocycles. The summed E-state index contributed by atoms with van der Waals surface area (Å²) in [5.74, 6) is -0.899. The molecule has 1 atom stereocenters. The summed E-state index contributed by atoms with van der Waals surface area (Å²) in [4.78, 5) is 24.7. The van der Waals surface area contributed by atoms with E-state index in [-0.39, 0.29) is 18.5 Å². The lowest BCUT2D eigenvalue weighted by atomic mass is 10.1. The predicted octanol–water partition coefficient (Wildman–Crippen LogP) is 2.02. The number of benzene rings is 1. The van der Waals surface area contributed by atoms with Crippen LogP contribution in [0.3, 0.4) is 0 Å². The zero-order valence-electron chi connectivity index (χ0n) is 11.4. The van der Waals surface area contributed by atoms with Crippen LogP contribution in [0.25, 0.3) is 0 Å². The monoisotopic (exact) mass is 265 g/mol. The van der Waals surface area contributed by atoms with Crippen molar-refractivity contribution in [3.63, 3.8) is 0 Å². The molecule has 5 nitrogen and oxygen atoms in total. The fourth-order valence-corrected chi connectivity index (χ4v) is 1.77. The predicted molar refractivity (Wildman–Crippen MR) is 71.4 cm³/mol. The average Bonchev–Trinajstić information content (AvgIpc) is 2.42. The number of para-hydroxylation sites is 1. The summed E-state index contributed by atoms with van der Waals surface area (Å²) in [5, 5.41) is 8.93. The normalized spacial score (nSPS) is 11.7. The number of carbonyl (C=O) groups excluding carboxylic acids is 1. The molecule has 1 aromatic rings. The molecular formula is C14H19NO4. The van der Waals surface area contributed by atoms with Crippen molar-refractivity contribution in [1.82, 2.24) is 4.90 Å². The van der Waals surface area contributed by atoms with E-state index in [1.165, 1.54) is 12.0 Å². The third kappa shape index (κ3) is 3.71. The van der Waals surface area contributed by atoms with Gasteiger partial charge in [0.25, 0.3) is 5.91 Å². The molecule has 0 saturated heterocycles. The van der Waals surface area contributed by atoms with E-state index in [4.69, 9.17) is 9.84 Å². The molecule has 1 rings (SSSR count). The number of rotatable bonds is 6. The Morgan fingerprint density at radius 3 is 2.53 bits per heavy atom. The van der Waals surface area contributed by atoms with Crippen LogP contribution >= 0.6 is 0 Å². The van der Waals surface area contributed by atoms with Crippen LogP contribution in [-0.2, 0) is 4.79 Å². The number of nitrogens with zero attached hydrogens (tertiary/aromatic N) is 1. The Balaban J connectivity index is 3.08. The molecule has 1 unspecified atom stereocenters. The quantitative estimate of drug-likeness (QED) is 0.854. The number of carbonyl (C=O) groups is 2. The highest BCUT2D eigenvalue weighted by molar-refractivity contribution is 5.98. The van der Waals surface area contributed by atoms with Crippen molar-refractivity contribution in [2.45, 2.75) is 26.3 Å². The van der Waals surface area contributed by atoms with Crippen LogP contribution in [0.5, 0.6) is 5.75 Å². The van der Waals surface area contributed by atoms with Crippen molar-refractivity contribution < 1.29 is 19.4 Å². The van der Waals surface area contributed by atoms with Gasteiger partial charge >= 0.3 is 5.97 Å². The van der Waals surface area contributed by atoms with Gasteiger partial charge in [-0.25, -0.2) is 0 Å². The smallest absolute Gasteiger partial charge is 0.323 e. The molecule has 0 bridgehead atoms. The van der Waals surface area contributed by atoms with E-state index in [0.29, 0.717) is 17.7 Å². The molecule has 1 N–H and O–H groups in total. The second-order valence-electron chi connectivity index (χ2n) is 4.28. The zero-order chi connectivity index (χ0) is 14.4. The van der Waals surface area contributed by atoms with Crippen molar-refractivity contribution >= 4 is 11.9 Å². The Bertz CT molecular complexity index is 459. The Morgan fingerprint density at radius 1 is 1.37 bits per heavy atom. The maximum atomic E-state index is 12.4. The van der Waals surface area contributed by atoms with Gasteiger partial charge in [-0.2, -0.15) is 0 Å². The molecular weight excluding hydrogens is 246 g/mol. The fourth-order valence-electron chi connectivity index (χ4n) is 1.77. The van der Waals surface area contributed by atoms with Gasteiger partial charge in [0.2, 0.25) is 0 Å². The highest BCUT2D eigenvalue weighted by Crippen LogP contribution is 2.20. The minimum Gasteiger partial charge on any atom is -0.496 e. The van der Waals surface area contributed by atoms with Crippen LogP contribution in [0.2, 0.25) is 0 Å². The first-order chi connectivity index (χ1) is 9.01. The maximum Gasteiger partial charge on any atom is 0.323 e. The molecule has 0 saturated carbocycles. The SMILES string of the molecule is CCC(C)N(CC(=O)O)C(=O)c1ccccc1OC. The van der Waals surface area contributed by atoms with E-state index in [1.54, 1.807) is 24.3 Å². The number of carboxylic acids is 1. The highest BCUT2D eigenvalue weighted by atomic mass is 16.5. The number of carboxylic acid groups (broad SMARTS) is 1. The second-order valence-corrected chi connectivity index (χ2v) is 4.28.